The molecule has 1 fully saturated rings. The summed E-state index contributed by atoms with van der Waals surface area (Å²) in [6.45, 7) is 0.0418. The van der Waals surface area contributed by atoms with Gasteiger partial charge in [0.05, 0.1) is 18.7 Å². The van der Waals surface area contributed by atoms with Crippen molar-refractivity contribution >= 4 is 5.91 Å². The highest BCUT2D eigenvalue weighted by Gasteiger charge is 2.29. The Balaban J connectivity index is 2.30. The maximum atomic E-state index is 12.6. The third-order valence-electron chi connectivity index (χ3n) is 3.72. The first-order chi connectivity index (χ1) is 9.69. The molecule has 1 saturated carbocycles. The topological polar surface area (TPSA) is 73.6 Å². The number of carbonyl (C=O) groups excluding carboxylic acids is 1. The highest BCUT2D eigenvalue weighted by atomic mass is 16.5. The molecule has 2 rings (SSSR count). The number of phenols is 1. The van der Waals surface area contributed by atoms with Crippen molar-refractivity contribution in [1.29, 1.82) is 5.26 Å². The summed E-state index contributed by atoms with van der Waals surface area (Å²) in [5.41, 5.74) is 0.187. The molecule has 1 amide bonds. The van der Waals surface area contributed by atoms with Gasteiger partial charge in [-0.05, 0) is 25.0 Å². The largest absolute Gasteiger partial charge is 0.504 e. The summed E-state index contributed by atoms with van der Waals surface area (Å²) in [5, 5.41) is 19.0. The van der Waals surface area contributed by atoms with E-state index in [4.69, 9.17) is 10.00 Å². The van der Waals surface area contributed by atoms with E-state index >= 15 is 0 Å². The summed E-state index contributed by atoms with van der Waals surface area (Å²) in [6.07, 6.45) is 3.98. The normalized spacial score (nSPS) is 14.8. The fraction of sp³-hybridized carbons (Fsp3) is 0.467. The highest BCUT2D eigenvalue weighted by molar-refractivity contribution is 5.98. The number of phenolic OH excluding ortho intramolecular Hbond substituents is 1. The van der Waals surface area contributed by atoms with Gasteiger partial charge in [0, 0.05) is 6.04 Å². The van der Waals surface area contributed by atoms with Crippen LogP contribution in [0.2, 0.25) is 0 Å². The Labute approximate surface area is 118 Å². The van der Waals surface area contributed by atoms with E-state index in [9.17, 15) is 9.90 Å². The van der Waals surface area contributed by atoms with E-state index in [0.717, 1.165) is 25.7 Å². The van der Waals surface area contributed by atoms with Gasteiger partial charge in [-0.25, -0.2) is 0 Å². The second-order valence-corrected chi connectivity index (χ2v) is 4.89. The van der Waals surface area contributed by atoms with E-state index in [1.807, 2.05) is 6.07 Å². The molecule has 1 aliphatic rings. The number of hydrogen-bond acceptors (Lipinski definition) is 4. The summed E-state index contributed by atoms with van der Waals surface area (Å²) < 4.78 is 5.02. The maximum absolute atomic E-state index is 12.6. The molecule has 106 valence electrons. The van der Waals surface area contributed by atoms with Crippen LogP contribution < -0.4 is 4.74 Å². The average molecular weight is 274 g/mol. The van der Waals surface area contributed by atoms with E-state index in [2.05, 4.69) is 0 Å². The number of aromatic hydroxyl groups is 1. The summed E-state index contributed by atoms with van der Waals surface area (Å²) >= 11 is 0. The fourth-order valence-electron chi connectivity index (χ4n) is 2.67. The summed E-state index contributed by atoms with van der Waals surface area (Å²) in [5.74, 6) is -0.213. The number of methoxy groups -OCH3 is 1. The van der Waals surface area contributed by atoms with Crippen LogP contribution in [-0.2, 0) is 0 Å². The quantitative estimate of drug-likeness (QED) is 0.855. The Kier molecular flexibility index (Phi) is 4.46. The Morgan fingerprint density at radius 3 is 2.80 bits per heavy atom. The monoisotopic (exact) mass is 274 g/mol. The lowest BCUT2D eigenvalue weighted by molar-refractivity contribution is 0.0705. The third-order valence-corrected chi connectivity index (χ3v) is 3.72. The van der Waals surface area contributed by atoms with E-state index in [-0.39, 0.29) is 35.6 Å². The Morgan fingerprint density at radius 2 is 2.20 bits per heavy atom. The molecule has 5 nitrogen and oxygen atoms in total. The Hall–Kier alpha value is -2.22. The third kappa shape index (κ3) is 2.69. The maximum Gasteiger partial charge on any atom is 0.258 e. The molecule has 1 aliphatic carbocycles. The van der Waals surface area contributed by atoms with Crippen LogP contribution in [0.1, 0.15) is 36.0 Å². The number of nitrogens with zero attached hydrogens (tertiary/aromatic N) is 2. The lowest BCUT2D eigenvalue weighted by Gasteiger charge is -2.26. The van der Waals surface area contributed by atoms with Crippen molar-refractivity contribution in [1.82, 2.24) is 4.90 Å². The minimum Gasteiger partial charge on any atom is -0.504 e. The molecule has 5 heteroatoms. The number of nitriles is 1. The van der Waals surface area contributed by atoms with Crippen molar-refractivity contribution in [2.75, 3.05) is 13.7 Å². The molecule has 0 aromatic heterocycles. The van der Waals surface area contributed by atoms with Gasteiger partial charge in [0.1, 0.15) is 6.54 Å². The minimum atomic E-state index is -0.310. The van der Waals surface area contributed by atoms with Crippen molar-refractivity contribution in [3.63, 3.8) is 0 Å². The van der Waals surface area contributed by atoms with Gasteiger partial charge < -0.3 is 14.7 Å². The predicted molar refractivity (Wildman–Crippen MR) is 73.6 cm³/mol. The van der Waals surface area contributed by atoms with E-state index in [1.165, 1.54) is 7.11 Å². The molecule has 20 heavy (non-hydrogen) atoms. The lowest BCUT2D eigenvalue weighted by atomic mass is 10.1. The standard InChI is InChI=1S/C15H18N2O3/c1-20-13-8-4-7-12(14(13)18)15(19)17(10-9-16)11-5-2-3-6-11/h4,7-8,11,18H,2-3,5-6,10H2,1H3. The van der Waals surface area contributed by atoms with Crippen molar-refractivity contribution in [2.24, 2.45) is 0 Å². The van der Waals surface area contributed by atoms with Crippen LogP contribution in [0.25, 0.3) is 0 Å². The highest BCUT2D eigenvalue weighted by Crippen LogP contribution is 2.32. The molecule has 0 aliphatic heterocycles. The van der Waals surface area contributed by atoms with Gasteiger partial charge in [0.25, 0.3) is 5.91 Å². The van der Waals surface area contributed by atoms with Crippen molar-refractivity contribution < 1.29 is 14.6 Å². The fourth-order valence-corrected chi connectivity index (χ4v) is 2.67. The van der Waals surface area contributed by atoms with Crippen LogP contribution in [0.4, 0.5) is 0 Å². The van der Waals surface area contributed by atoms with Gasteiger partial charge in [0.15, 0.2) is 11.5 Å². The molecular weight excluding hydrogens is 256 g/mol. The first-order valence-corrected chi connectivity index (χ1v) is 6.73. The minimum absolute atomic E-state index is 0.0418. The molecule has 0 spiro atoms. The van der Waals surface area contributed by atoms with E-state index < -0.39 is 0 Å². The van der Waals surface area contributed by atoms with Gasteiger partial charge in [0.2, 0.25) is 0 Å². The van der Waals surface area contributed by atoms with Crippen LogP contribution in [0, 0.1) is 11.3 Å². The number of hydrogen-bond donors (Lipinski definition) is 1. The number of rotatable bonds is 4. The van der Waals surface area contributed by atoms with Crippen molar-refractivity contribution in [2.45, 2.75) is 31.7 Å². The zero-order chi connectivity index (χ0) is 14.5. The SMILES string of the molecule is COc1cccc(C(=O)N(CC#N)C2CCCC2)c1O. The molecule has 0 unspecified atom stereocenters. The Bertz CT molecular complexity index is 530. The molecule has 0 bridgehead atoms. The van der Waals surface area contributed by atoms with Gasteiger partial charge >= 0.3 is 0 Å². The molecule has 0 heterocycles. The number of ether oxygens (including phenoxy) is 1. The van der Waals surface area contributed by atoms with Crippen LogP contribution >= 0.6 is 0 Å². The zero-order valence-corrected chi connectivity index (χ0v) is 11.5. The van der Waals surface area contributed by atoms with Gasteiger partial charge in [-0.15, -0.1) is 0 Å². The van der Waals surface area contributed by atoms with E-state index in [1.54, 1.807) is 23.1 Å². The van der Waals surface area contributed by atoms with E-state index in [0.29, 0.717) is 0 Å². The molecule has 0 radical (unpaired) electrons. The average Bonchev–Trinajstić information content (AvgIpc) is 2.98. The van der Waals surface area contributed by atoms with Crippen molar-refractivity contribution in [3.05, 3.63) is 23.8 Å². The van der Waals surface area contributed by atoms with Gasteiger partial charge in [-0.2, -0.15) is 5.26 Å². The van der Waals surface area contributed by atoms with Crippen LogP contribution in [0.3, 0.4) is 0 Å². The number of para-hydroxylation sites is 1. The molecule has 0 atom stereocenters. The summed E-state index contributed by atoms with van der Waals surface area (Å²) in [4.78, 5) is 14.1. The molecular formula is C15H18N2O3. The molecule has 1 aromatic carbocycles. The van der Waals surface area contributed by atoms with Crippen LogP contribution in [0.5, 0.6) is 11.5 Å². The molecule has 0 saturated heterocycles. The Morgan fingerprint density at radius 1 is 1.50 bits per heavy atom. The first-order valence-electron chi connectivity index (χ1n) is 6.73. The second-order valence-electron chi connectivity index (χ2n) is 4.89. The summed E-state index contributed by atoms with van der Waals surface area (Å²) in [6, 6.07) is 6.93. The van der Waals surface area contributed by atoms with Crippen molar-refractivity contribution in [3.8, 4) is 17.6 Å². The zero-order valence-electron chi connectivity index (χ0n) is 11.5. The molecule has 1 N–H and O–H groups in total. The van der Waals surface area contributed by atoms with Crippen LogP contribution in [-0.4, -0.2) is 35.6 Å². The van der Waals surface area contributed by atoms with Gasteiger partial charge in [-0.1, -0.05) is 18.9 Å². The first kappa shape index (κ1) is 14.2. The number of carbonyl (C=O) groups is 1. The second kappa shape index (κ2) is 6.29. The summed E-state index contributed by atoms with van der Waals surface area (Å²) in [7, 11) is 1.44. The smallest absolute Gasteiger partial charge is 0.258 e. The van der Waals surface area contributed by atoms with Gasteiger partial charge in [-0.3, -0.25) is 4.79 Å². The molecule has 1 aromatic rings. The number of benzene rings is 1. The van der Waals surface area contributed by atoms with Crippen LogP contribution in [0.15, 0.2) is 18.2 Å². The predicted octanol–water partition coefficient (Wildman–Crippen LogP) is 2.31. The lowest BCUT2D eigenvalue weighted by Crippen LogP contribution is -2.39. The number of amides is 1.